The first kappa shape index (κ1) is 23.4. The zero-order valence-corrected chi connectivity index (χ0v) is 20.7. The van der Waals surface area contributed by atoms with Gasteiger partial charge in [0.2, 0.25) is 15.9 Å². The van der Waals surface area contributed by atoms with Gasteiger partial charge in [-0.3, -0.25) is 9.52 Å². The van der Waals surface area contributed by atoms with E-state index >= 15 is 0 Å². The van der Waals surface area contributed by atoms with Gasteiger partial charge in [0.1, 0.15) is 17.2 Å². The molecule has 1 saturated carbocycles. The minimum absolute atomic E-state index is 0.0339. The maximum Gasteiger partial charge on any atom is 0.232 e. The molecule has 2 fully saturated rings. The fraction of sp³-hybridized carbons (Fsp3) is 0.435. The minimum atomic E-state index is -3.52. The zero-order valence-electron chi connectivity index (χ0n) is 19.9. The number of sulfonamides is 1. The Labute approximate surface area is 203 Å². The van der Waals surface area contributed by atoms with E-state index < -0.39 is 10.0 Å². The summed E-state index contributed by atoms with van der Waals surface area (Å²) >= 11 is 0. The van der Waals surface area contributed by atoms with Gasteiger partial charge in [-0.2, -0.15) is 0 Å². The summed E-state index contributed by atoms with van der Waals surface area (Å²) in [5.74, 6) is 0.991. The topological polar surface area (TPSA) is 141 Å². The number of methoxy groups -OCH3 is 1. The first-order chi connectivity index (χ1) is 16.7. The van der Waals surface area contributed by atoms with Crippen LogP contribution in [0.5, 0.6) is 0 Å². The number of anilines is 5. The normalized spacial score (nSPS) is 16.3. The second-order valence-electron chi connectivity index (χ2n) is 8.96. The number of hydrogen-bond acceptors (Lipinski definition) is 8. The first-order valence-electron chi connectivity index (χ1n) is 11.6. The average Bonchev–Trinajstić information content (AvgIpc) is 3.56. The van der Waals surface area contributed by atoms with Crippen molar-refractivity contribution in [3.8, 4) is 0 Å². The third-order valence-electron chi connectivity index (χ3n) is 6.24. The number of nitrogens with one attached hydrogen (secondary N) is 4. The molecule has 12 heteroatoms. The first-order valence-corrected chi connectivity index (χ1v) is 13.3. The van der Waals surface area contributed by atoms with Gasteiger partial charge in [0.05, 0.1) is 28.9 Å². The predicted octanol–water partition coefficient (Wildman–Crippen LogP) is 2.96. The van der Waals surface area contributed by atoms with Crippen LogP contribution in [-0.2, 0) is 19.6 Å². The summed E-state index contributed by atoms with van der Waals surface area (Å²) in [6.07, 6.45) is 1.94. The van der Waals surface area contributed by atoms with E-state index in [1.165, 1.54) is 0 Å². The SMILES string of the molecule is CCS(=O)(=O)Nc1cc(N2CC(OC)C2)ccc1Nc1cc(NC(=O)C2CC2)nc2nc(C)[nH]c12. The molecule has 0 atom stereocenters. The highest BCUT2D eigenvalue weighted by Crippen LogP contribution is 2.36. The van der Waals surface area contributed by atoms with E-state index in [1.54, 1.807) is 20.1 Å². The molecular formula is C23H29N7O4S. The van der Waals surface area contributed by atoms with Crippen LogP contribution in [-0.4, -0.2) is 61.3 Å². The molecular weight excluding hydrogens is 470 g/mol. The molecule has 35 heavy (non-hydrogen) atoms. The predicted molar refractivity (Wildman–Crippen MR) is 136 cm³/mol. The number of amides is 1. The molecule has 0 radical (unpaired) electrons. The van der Waals surface area contributed by atoms with Gasteiger partial charge in [-0.1, -0.05) is 0 Å². The molecule has 1 aromatic carbocycles. The number of ether oxygens (including phenoxy) is 1. The van der Waals surface area contributed by atoms with E-state index in [4.69, 9.17) is 4.74 Å². The molecule has 3 heterocycles. The van der Waals surface area contributed by atoms with E-state index in [2.05, 4.69) is 35.2 Å². The molecule has 1 aliphatic carbocycles. The number of carbonyl (C=O) groups is 1. The van der Waals surface area contributed by atoms with Crippen molar-refractivity contribution >= 4 is 55.7 Å². The van der Waals surface area contributed by atoms with Crippen molar-refractivity contribution in [1.82, 2.24) is 15.0 Å². The van der Waals surface area contributed by atoms with Crippen LogP contribution in [0.3, 0.4) is 0 Å². The largest absolute Gasteiger partial charge is 0.378 e. The molecule has 2 aliphatic rings. The van der Waals surface area contributed by atoms with Crippen molar-refractivity contribution in [2.75, 3.05) is 46.2 Å². The second kappa shape index (κ2) is 9.00. The van der Waals surface area contributed by atoms with Gasteiger partial charge in [0, 0.05) is 37.9 Å². The summed E-state index contributed by atoms with van der Waals surface area (Å²) < 4.78 is 32.9. The maximum absolute atomic E-state index is 12.5. The third kappa shape index (κ3) is 5.03. The van der Waals surface area contributed by atoms with Gasteiger partial charge < -0.3 is 25.3 Å². The number of fused-ring (bicyclic) bond motifs is 1. The van der Waals surface area contributed by atoms with Crippen molar-refractivity contribution in [1.29, 1.82) is 0 Å². The van der Waals surface area contributed by atoms with Crippen LogP contribution in [0.4, 0.5) is 28.6 Å². The van der Waals surface area contributed by atoms with E-state index in [0.717, 1.165) is 31.6 Å². The van der Waals surface area contributed by atoms with Gasteiger partial charge in [-0.05, 0) is 44.9 Å². The minimum Gasteiger partial charge on any atom is -0.378 e. The highest BCUT2D eigenvalue weighted by molar-refractivity contribution is 7.92. The number of nitrogens with zero attached hydrogens (tertiary/aromatic N) is 3. The van der Waals surface area contributed by atoms with Gasteiger partial charge in [0.15, 0.2) is 5.65 Å². The average molecular weight is 500 g/mol. The van der Waals surface area contributed by atoms with Crippen molar-refractivity contribution in [3.63, 3.8) is 0 Å². The summed E-state index contributed by atoms with van der Waals surface area (Å²) in [6.45, 7) is 4.90. The zero-order chi connectivity index (χ0) is 24.7. The summed E-state index contributed by atoms with van der Waals surface area (Å²) in [4.78, 5) is 26.5. The molecule has 5 rings (SSSR count). The Morgan fingerprint density at radius 3 is 2.63 bits per heavy atom. The lowest BCUT2D eigenvalue weighted by molar-refractivity contribution is -0.117. The maximum atomic E-state index is 12.5. The van der Waals surface area contributed by atoms with E-state index in [0.29, 0.717) is 39.9 Å². The van der Waals surface area contributed by atoms with Crippen LogP contribution >= 0.6 is 0 Å². The lowest BCUT2D eigenvalue weighted by Gasteiger charge is -2.40. The summed E-state index contributed by atoms with van der Waals surface area (Å²) in [5, 5.41) is 6.19. The Hall–Kier alpha value is -3.38. The monoisotopic (exact) mass is 499 g/mol. The smallest absolute Gasteiger partial charge is 0.232 e. The summed E-state index contributed by atoms with van der Waals surface area (Å²) in [5.41, 5.74) is 3.62. The van der Waals surface area contributed by atoms with Crippen LogP contribution in [0.15, 0.2) is 24.3 Å². The highest BCUT2D eigenvalue weighted by atomic mass is 32.2. The van der Waals surface area contributed by atoms with Crippen LogP contribution in [0, 0.1) is 12.8 Å². The Kier molecular flexibility index (Phi) is 6.01. The second-order valence-corrected chi connectivity index (χ2v) is 11.0. The van der Waals surface area contributed by atoms with Crippen molar-refractivity contribution in [2.24, 2.45) is 5.92 Å². The molecule has 0 bridgehead atoms. The molecule has 11 nitrogen and oxygen atoms in total. The van der Waals surface area contributed by atoms with E-state index in [9.17, 15) is 13.2 Å². The molecule has 0 spiro atoms. The van der Waals surface area contributed by atoms with Crippen LogP contribution in [0.1, 0.15) is 25.6 Å². The fourth-order valence-corrected chi connectivity index (χ4v) is 4.59. The standard InChI is InChI=1S/C23H29N7O4S/c1-4-35(32,33)29-18-9-15(30-11-16(12-30)34-3)7-8-17(18)26-19-10-20(28-23(31)14-5-6-14)27-22-21(19)24-13(2)25-22/h7-10,14,16,29H,4-6,11-12H2,1-3H3,(H3,24,25,26,27,28,31). The van der Waals surface area contributed by atoms with Crippen molar-refractivity contribution < 1.29 is 17.9 Å². The van der Waals surface area contributed by atoms with Crippen molar-refractivity contribution in [2.45, 2.75) is 32.8 Å². The number of aromatic amines is 1. The number of H-pyrrole nitrogens is 1. The number of benzene rings is 1. The number of carbonyl (C=O) groups excluding carboxylic acids is 1. The Morgan fingerprint density at radius 1 is 1.17 bits per heavy atom. The molecule has 2 aromatic heterocycles. The Morgan fingerprint density at radius 2 is 1.94 bits per heavy atom. The Bertz CT molecular complexity index is 1380. The van der Waals surface area contributed by atoms with Gasteiger partial charge >= 0.3 is 0 Å². The number of rotatable bonds is 9. The van der Waals surface area contributed by atoms with Gasteiger partial charge in [-0.25, -0.2) is 18.4 Å². The van der Waals surface area contributed by atoms with Crippen molar-refractivity contribution in [3.05, 3.63) is 30.1 Å². The number of imidazole rings is 1. The molecule has 186 valence electrons. The molecule has 1 aliphatic heterocycles. The molecule has 0 unspecified atom stereocenters. The van der Waals surface area contributed by atoms with Crippen LogP contribution in [0.25, 0.3) is 11.2 Å². The number of aromatic nitrogens is 3. The molecule has 1 amide bonds. The summed E-state index contributed by atoms with van der Waals surface area (Å²) in [6, 6.07) is 7.31. The highest BCUT2D eigenvalue weighted by Gasteiger charge is 2.30. The molecule has 3 aromatic rings. The summed E-state index contributed by atoms with van der Waals surface area (Å²) in [7, 11) is -1.84. The number of hydrogen-bond donors (Lipinski definition) is 4. The molecule has 1 saturated heterocycles. The lowest BCUT2D eigenvalue weighted by atomic mass is 10.1. The quantitative estimate of drug-likeness (QED) is 0.352. The van der Waals surface area contributed by atoms with Gasteiger partial charge in [-0.15, -0.1) is 0 Å². The number of aryl methyl sites for hydroxylation is 1. The Balaban J connectivity index is 1.50. The van der Waals surface area contributed by atoms with Crippen LogP contribution in [0.2, 0.25) is 0 Å². The van der Waals surface area contributed by atoms with Crippen LogP contribution < -0.4 is 20.3 Å². The van der Waals surface area contributed by atoms with Gasteiger partial charge in [0.25, 0.3) is 0 Å². The van der Waals surface area contributed by atoms with E-state index in [-0.39, 0.29) is 23.7 Å². The lowest BCUT2D eigenvalue weighted by Crippen LogP contribution is -2.51. The molecule has 4 N–H and O–H groups in total. The van der Waals surface area contributed by atoms with E-state index in [1.807, 2.05) is 25.1 Å². The number of pyridine rings is 1. The fourth-order valence-electron chi connectivity index (χ4n) is 3.95. The third-order valence-corrected chi connectivity index (χ3v) is 7.53.